The number of rotatable bonds is 5. The zero-order valence-corrected chi connectivity index (χ0v) is 14.1. The van der Waals surface area contributed by atoms with Crippen LogP contribution < -0.4 is 4.31 Å². The lowest BCUT2D eigenvalue weighted by atomic mass is 10.2. The highest BCUT2D eigenvalue weighted by Gasteiger charge is 2.26. The molecule has 0 radical (unpaired) electrons. The molecular weight excluding hydrogens is 318 g/mol. The summed E-state index contributed by atoms with van der Waals surface area (Å²) in [5.74, 6) is -0.262. The Kier molecular flexibility index (Phi) is 5.25. The Morgan fingerprint density at radius 2 is 1.91 bits per heavy atom. The van der Waals surface area contributed by atoms with Crippen LogP contribution in [-0.4, -0.2) is 69.5 Å². The second-order valence-electron chi connectivity index (χ2n) is 5.63. The summed E-state index contributed by atoms with van der Waals surface area (Å²) >= 11 is 0. The number of sulfonamides is 1. The standard InChI is InChI=1S/C15H21N3O4S/c1-13-4-3-5-14(10-13)18(23(2,21)22)11-15(20)17-8-6-16(12-19)7-9-17/h3-5,10,12H,6-9,11H2,1-2H3. The second-order valence-corrected chi connectivity index (χ2v) is 7.54. The summed E-state index contributed by atoms with van der Waals surface area (Å²) in [7, 11) is -3.56. The molecule has 0 unspecified atom stereocenters. The lowest BCUT2D eigenvalue weighted by Crippen LogP contribution is -2.51. The molecule has 2 rings (SSSR count). The largest absolute Gasteiger partial charge is 0.342 e. The van der Waals surface area contributed by atoms with E-state index in [9.17, 15) is 18.0 Å². The van der Waals surface area contributed by atoms with Gasteiger partial charge in [0.05, 0.1) is 11.9 Å². The van der Waals surface area contributed by atoms with Gasteiger partial charge in [-0.3, -0.25) is 13.9 Å². The Labute approximate surface area is 136 Å². The van der Waals surface area contributed by atoms with E-state index < -0.39 is 10.0 Å². The number of hydrogen-bond donors (Lipinski definition) is 0. The molecule has 1 fully saturated rings. The van der Waals surface area contributed by atoms with Crippen molar-refractivity contribution in [2.24, 2.45) is 0 Å². The molecule has 0 atom stereocenters. The van der Waals surface area contributed by atoms with E-state index in [-0.39, 0.29) is 12.5 Å². The third-order valence-corrected chi connectivity index (χ3v) is 4.93. The summed E-state index contributed by atoms with van der Waals surface area (Å²) in [6.45, 7) is 3.41. The maximum Gasteiger partial charge on any atom is 0.243 e. The molecular formula is C15H21N3O4S. The van der Waals surface area contributed by atoms with E-state index in [4.69, 9.17) is 0 Å². The van der Waals surface area contributed by atoms with Crippen molar-refractivity contribution in [3.05, 3.63) is 29.8 Å². The van der Waals surface area contributed by atoms with Gasteiger partial charge in [0.2, 0.25) is 22.3 Å². The maximum atomic E-state index is 12.4. The van der Waals surface area contributed by atoms with E-state index in [0.29, 0.717) is 31.9 Å². The number of hydrogen-bond acceptors (Lipinski definition) is 4. The number of carbonyl (C=O) groups is 2. The molecule has 0 saturated carbocycles. The van der Waals surface area contributed by atoms with E-state index in [1.54, 1.807) is 28.0 Å². The van der Waals surface area contributed by atoms with E-state index >= 15 is 0 Å². The van der Waals surface area contributed by atoms with Gasteiger partial charge in [0.25, 0.3) is 0 Å². The van der Waals surface area contributed by atoms with Crippen LogP contribution in [-0.2, 0) is 19.6 Å². The highest BCUT2D eigenvalue weighted by Crippen LogP contribution is 2.19. The van der Waals surface area contributed by atoms with Crippen molar-refractivity contribution in [2.45, 2.75) is 6.92 Å². The van der Waals surface area contributed by atoms with Gasteiger partial charge in [-0.15, -0.1) is 0 Å². The number of anilines is 1. The van der Waals surface area contributed by atoms with Crippen LogP contribution in [0.3, 0.4) is 0 Å². The van der Waals surface area contributed by atoms with Crippen LogP contribution >= 0.6 is 0 Å². The first-order valence-corrected chi connectivity index (χ1v) is 9.17. The first-order valence-electron chi connectivity index (χ1n) is 7.33. The summed E-state index contributed by atoms with van der Waals surface area (Å²) < 4.78 is 25.2. The molecule has 0 bridgehead atoms. The van der Waals surface area contributed by atoms with Crippen molar-refractivity contribution in [1.29, 1.82) is 0 Å². The molecule has 0 spiro atoms. The normalized spacial score (nSPS) is 15.4. The zero-order chi connectivity index (χ0) is 17.0. The lowest BCUT2D eigenvalue weighted by Gasteiger charge is -2.34. The fraction of sp³-hybridized carbons (Fsp3) is 0.467. The van der Waals surface area contributed by atoms with Crippen LogP contribution in [0, 0.1) is 6.92 Å². The first kappa shape index (κ1) is 17.3. The van der Waals surface area contributed by atoms with Gasteiger partial charge in [-0.25, -0.2) is 8.42 Å². The molecule has 0 aliphatic carbocycles. The Morgan fingerprint density at radius 1 is 1.26 bits per heavy atom. The molecule has 1 aromatic carbocycles. The molecule has 8 heteroatoms. The summed E-state index contributed by atoms with van der Waals surface area (Å²) in [5, 5.41) is 0. The Balaban J connectivity index is 2.13. The Hall–Kier alpha value is -2.09. The van der Waals surface area contributed by atoms with Crippen molar-refractivity contribution in [2.75, 3.05) is 43.3 Å². The number of piperazine rings is 1. The molecule has 23 heavy (non-hydrogen) atoms. The maximum absolute atomic E-state index is 12.4. The van der Waals surface area contributed by atoms with Crippen molar-refractivity contribution in [3.8, 4) is 0 Å². The number of aryl methyl sites for hydroxylation is 1. The topological polar surface area (TPSA) is 78.0 Å². The number of amides is 2. The van der Waals surface area contributed by atoms with Gasteiger partial charge in [0.1, 0.15) is 6.54 Å². The zero-order valence-electron chi connectivity index (χ0n) is 13.3. The SMILES string of the molecule is Cc1cccc(N(CC(=O)N2CCN(C=O)CC2)S(C)(=O)=O)c1. The molecule has 1 heterocycles. The van der Waals surface area contributed by atoms with Crippen LogP contribution in [0.5, 0.6) is 0 Å². The smallest absolute Gasteiger partial charge is 0.243 e. The van der Waals surface area contributed by atoms with Crippen molar-refractivity contribution in [1.82, 2.24) is 9.80 Å². The monoisotopic (exact) mass is 339 g/mol. The van der Waals surface area contributed by atoms with E-state index in [0.717, 1.165) is 22.5 Å². The molecule has 7 nitrogen and oxygen atoms in total. The average molecular weight is 339 g/mol. The van der Waals surface area contributed by atoms with Crippen LogP contribution in [0.4, 0.5) is 5.69 Å². The van der Waals surface area contributed by atoms with Gasteiger partial charge < -0.3 is 9.80 Å². The van der Waals surface area contributed by atoms with Crippen molar-refractivity contribution in [3.63, 3.8) is 0 Å². The van der Waals surface area contributed by atoms with E-state index in [1.807, 2.05) is 13.0 Å². The minimum Gasteiger partial charge on any atom is -0.342 e. The van der Waals surface area contributed by atoms with Crippen LogP contribution in [0.25, 0.3) is 0 Å². The predicted molar refractivity (Wildman–Crippen MR) is 87.6 cm³/mol. The van der Waals surface area contributed by atoms with Gasteiger partial charge in [0.15, 0.2) is 0 Å². The van der Waals surface area contributed by atoms with Gasteiger partial charge in [-0.1, -0.05) is 12.1 Å². The van der Waals surface area contributed by atoms with Gasteiger partial charge in [0, 0.05) is 26.2 Å². The number of benzene rings is 1. The van der Waals surface area contributed by atoms with Gasteiger partial charge in [-0.05, 0) is 24.6 Å². The third-order valence-electron chi connectivity index (χ3n) is 3.78. The molecule has 0 N–H and O–H groups in total. The average Bonchev–Trinajstić information content (AvgIpc) is 2.51. The van der Waals surface area contributed by atoms with E-state index in [2.05, 4.69) is 0 Å². The van der Waals surface area contributed by atoms with Crippen LogP contribution in [0.15, 0.2) is 24.3 Å². The minimum atomic E-state index is -3.56. The summed E-state index contributed by atoms with van der Waals surface area (Å²) in [6, 6.07) is 7.03. The van der Waals surface area contributed by atoms with Crippen molar-refractivity contribution >= 4 is 28.0 Å². The van der Waals surface area contributed by atoms with Crippen LogP contribution in [0.2, 0.25) is 0 Å². The molecule has 126 valence electrons. The fourth-order valence-corrected chi connectivity index (χ4v) is 3.32. The van der Waals surface area contributed by atoms with Crippen LogP contribution in [0.1, 0.15) is 5.56 Å². The highest BCUT2D eigenvalue weighted by molar-refractivity contribution is 7.92. The third kappa shape index (κ3) is 4.44. The number of carbonyl (C=O) groups excluding carboxylic acids is 2. The predicted octanol–water partition coefficient (Wildman–Crippen LogP) is 0.0616. The van der Waals surface area contributed by atoms with Gasteiger partial charge in [-0.2, -0.15) is 0 Å². The highest BCUT2D eigenvalue weighted by atomic mass is 32.2. The molecule has 0 aromatic heterocycles. The molecule has 2 amide bonds. The van der Waals surface area contributed by atoms with E-state index in [1.165, 1.54) is 0 Å². The minimum absolute atomic E-state index is 0.233. The lowest BCUT2D eigenvalue weighted by molar-refractivity contribution is -0.133. The molecule has 1 aromatic rings. The molecule has 1 saturated heterocycles. The molecule has 1 aliphatic heterocycles. The van der Waals surface area contributed by atoms with Gasteiger partial charge >= 0.3 is 0 Å². The first-order chi connectivity index (χ1) is 10.8. The summed E-state index contributed by atoms with van der Waals surface area (Å²) in [4.78, 5) is 26.3. The quantitative estimate of drug-likeness (QED) is 0.711. The number of nitrogens with zero attached hydrogens (tertiary/aromatic N) is 3. The second kappa shape index (κ2) is 6.99. The fourth-order valence-electron chi connectivity index (χ4n) is 2.48. The Bertz CT molecular complexity index is 682. The van der Waals surface area contributed by atoms with Crippen molar-refractivity contribution < 1.29 is 18.0 Å². The summed E-state index contributed by atoms with van der Waals surface area (Å²) in [5.41, 5.74) is 1.40. The molecule has 1 aliphatic rings. The summed E-state index contributed by atoms with van der Waals surface area (Å²) in [6.07, 6.45) is 1.85. The Morgan fingerprint density at radius 3 is 2.43 bits per heavy atom.